The van der Waals surface area contributed by atoms with Gasteiger partial charge in [0, 0.05) is 5.56 Å². The SMILES string of the molecule is [2H]C1(c2ccc(F)c(Cl)c2)OC(N)=C(OS(=O)(=O)C([2H])([2H])c2ccccc2)C1=O. The van der Waals surface area contributed by atoms with Crippen molar-refractivity contribution >= 4 is 27.5 Å². The molecule has 1 unspecified atom stereocenters. The van der Waals surface area contributed by atoms with E-state index in [4.69, 9.17) is 26.2 Å². The minimum atomic E-state index is -5.08. The van der Waals surface area contributed by atoms with Crippen molar-refractivity contribution in [3.8, 4) is 0 Å². The second-order valence-electron chi connectivity index (χ2n) is 5.09. The summed E-state index contributed by atoms with van der Waals surface area (Å²) in [5.41, 5.74) is 2.04. The summed E-state index contributed by atoms with van der Waals surface area (Å²) in [5.74, 6) is -4.01. The van der Waals surface area contributed by atoms with Crippen LogP contribution in [-0.4, -0.2) is 14.2 Å². The van der Waals surface area contributed by atoms with Crippen LogP contribution in [0.4, 0.5) is 4.39 Å². The minimum absolute atomic E-state index is 0.223. The summed E-state index contributed by atoms with van der Waals surface area (Å²) >= 11 is 5.66. The van der Waals surface area contributed by atoms with E-state index in [1.807, 2.05) is 0 Å². The third-order valence-corrected chi connectivity index (χ3v) is 4.40. The molecule has 1 heterocycles. The number of halogens is 2. The van der Waals surface area contributed by atoms with E-state index >= 15 is 0 Å². The van der Waals surface area contributed by atoms with Gasteiger partial charge in [0.15, 0.2) is 6.08 Å². The highest BCUT2D eigenvalue weighted by atomic mass is 35.5. The number of rotatable bonds is 5. The largest absolute Gasteiger partial charge is 0.460 e. The van der Waals surface area contributed by atoms with Crippen molar-refractivity contribution in [3.05, 3.63) is 82.1 Å². The van der Waals surface area contributed by atoms with Crippen LogP contribution in [0.15, 0.2) is 60.2 Å². The van der Waals surface area contributed by atoms with E-state index in [2.05, 4.69) is 4.18 Å². The Hall–Kier alpha value is -2.58. The maximum Gasteiger partial charge on any atom is 0.313 e. The van der Waals surface area contributed by atoms with Crippen LogP contribution in [0.25, 0.3) is 0 Å². The fourth-order valence-electron chi connectivity index (χ4n) is 2.11. The van der Waals surface area contributed by atoms with E-state index in [9.17, 15) is 17.6 Å². The molecule has 0 saturated carbocycles. The first-order valence-electron chi connectivity index (χ1n) is 8.59. The van der Waals surface area contributed by atoms with Gasteiger partial charge >= 0.3 is 10.1 Å². The van der Waals surface area contributed by atoms with Crippen molar-refractivity contribution in [2.75, 3.05) is 0 Å². The van der Waals surface area contributed by atoms with Gasteiger partial charge in [0.25, 0.3) is 0 Å². The van der Waals surface area contributed by atoms with Crippen LogP contribution in [0.1, 0.15) is 21.3 Å². The molecule has 26 heavy (non-hydrogen) atoms. The fraction of sp³-hybridized carbons (Fsp3) is 0.118. The number of hydrogen-bond acceptors (Lipinski definition) is 6. The Bertz CT molecular complexity index is 1130. The summed E-state index contributed by atoms with van der Waals surface area (Å²) in [5, 5.41) is -0.397. The summed E-state index contributed by atoms with van der Waals surface area (Å²) in [7, 11) is -5.08. The van der Waals surface area contributed by atoms with Crippen molar-refractivity contribution in [2.45, 2.75) is 11.8 Å². The summed E-state index contributed by atoms with van der Waals surface area (Å²) < 4.78 is 72.1. The molecule has 9 heteroatoms. The second kappa shape index (κ2) is 6.97. The van der Waals surface area contributed by atoms with E-state index in [-0.39, 0.29) is 11.1 Å². The van der Waals surface area contributed by atoms with Gasteiger partial charge < -0.3 is 14.7 Å². The smallest absolute Gasteiger partial charge is 0.313 e. The topological polar surface area (TPSA) is 95.7 Å². The number of benzene rings is 2. The normalized spacial score (nSPS) is 22.4. The van der Waals surface area contributed by atoms with Crippen LogP contribution in [-0.2, 0) is 29.5 Å². The molecule has 1 aliphatic heterocycles. The van der Waals surface area contributed by atoms with Gasteiger partial charge in [-0.05, 0) is 17.7 Å². The molecule has 2 aromatic carbocycles. The van der Waals surface area contributed by atoms with E-state index in [0.29, 0.717) is 0 Å². The summed E-state index contributed by atoms with van der Waals surface area (Å²) in [6.07, 6.45) is -2.58. The van der Waals surface area contributed by atoms with E-state index < -0.39 is 50.2 Å². The average molecular weight is 401 g/mol. The number of ether oxygens (including phenoxy) is 1. The molecule has 6 nitrogen and oxygen atoms in total. The number of Topliss-reactive ketones (excluding diaryl/α,β-unsaturated/α-hetero) is 1. The molecule has 0 spiro atoms. The average Bonchev–Trinajstić information content (AvgIpc) is 2.88. The van der Waals surface area contributed by atoms with Crippen molar-refractivity contribution in [2.24, 2.45) is 5.73 Å². The Labute approximate surface area is 158 Å². The molecular formula is C17H13ClFNO5S. The van der Waals surface area contributed by atoms with E-state index in [1.165, 1.54) is 24.3 Å². The number of carbonyl (C=O) groups is 1. The van der Waals surface area contributed by atoms with Crippen molar-refractivity contribution in [1.29, 1.82) is 0 Å². The van der Waals surface area contributed by atoms with Gasteiger partial charge in [-0.3, -0.25) is 4.79 Å². The maximum atomic E-state index is 13.4. The Morgan fingerprint density at radius 3 is 2.65 bits per heavy atom. The maximum absolute atomic E-state index is 13.4. The Kier molecular flexibility index (Phi) is 3.91. The second-order valence-corrected chi connectivity index (χ2v) is 6.77. The monoisotopic (exact) mass is 400 g/mol. The molecule has 2 aromatic rings. The number of hydrogen-bond donors (Lipinski definition) is 1. The molecule has 0 radical (unpaired) electrons. The fourth-order valence-corrected chi connectivity index (χ4v) is 3.13. The lowest BCUT2D eigenvalue weighted by Gasteiger charge is -2.10. The van der Waals surface area contributed by atoms with Crippen LogP contribution < -0.4 is 5.73 Å². The van der Waals surface area contributed by atoms with Crippen LogP contribution >= 0.6 is 11.6 Å². The molecule has 1 atom stereocenters. The Morgan fingerprint density at radius 2 is 2.00 bits per heavy atom. The Morgan fingerprint density at radius 1 is 1.31 bits per heavy atom. The first-order valence-corrected chi connectivity index (χ1v) is 8.87. The van der Waals surface area contributed by atoms with Gasteiger partial charge in [-0.2, -0.15) is 8.42 Å². The van der Waals surface area contributed by atoms with E-state index in [1.54, 1.807) is 6.07 Å². The molecule has 0 bridgehead atoms. The van der Waals surface area contributed by atoms with Crippen LogP contribution in [0.2, 0.25) is 5.02 Å². The lowest BCUT2D eigenvalue weighted by Crippen LogP contribution is -2.16. The van der Waals surface area contributed by atoms with Crippen molar-refractivity contribution < 1.29 is 30.6 Å². The van der Waals surface area contributed by atoms with E-state index in [0.717, 1.165) is 18.2 Å². The predicted molar refractivity (Wildman–Crippen MR) is 91.6 cm³/mol. The molecule has 3 rings (SSSR count). The van der Waals surface area contributed by atoms with Gasteiger partial charge in [0.2, 0.25) is 17.4 Å². The highest BCUT2D eigenvalue weighted by Gasteiger charge is 2.39. The third-order valence-electron chi connectivity index (χ3n) is 3.24. The minimum Gasteiger partial charge on any atom is -0.460 e. The predicted octanol–water partition coefficient (Wildman–Crippen LogP) is 2.79. The van der Waals surface area contributed by atoms with Gasteiger partial charge in [-0.25, -0.2) is 4.39 Å². The van der Waals surface area contributed by atoms with Crippen LogP contribution in [0.5, 0.6) is 0 Å². The molecular weight excluding hydrogens is 385 g/mol. The summed E-state index contributed by atoms with van der Waals surface area (Å²) in [6.45, 7) is 0. The molecule has 0 aromatic heterocycles. The molecule has 136 valence electrons. The van der Waals surface area contributed by atoms with Crippen molar-refractivity contribution in [1.82, 2.24) is 0 Å². The molecule has 2 N–H and O–H groups in total. The zero-order valence-electron chi connectivity index (χ0n) is 15.9. The first-order chi connectivity index (χ1) is 13.4. The van der Waals surface area contributed by atoms with Gasteiger partial charge in [0.05, 0.1) is 9.13 Å². The quantitative estimate of drug-likeness (QED) is 0.775. The number of ketones is 1. The molecule has 0 amide bonds. The molecule has 0 fully saturated rings. The molecule has 0 aliphatic carbocycles. The van der Waals surface area contributed by atoms with Gasteiger partial charge in [-0.15, -0.1) is 0 Å². The van der Waals surface area contributed by atoms with Crippen LogP contribution in [0, 0.1) is 5.82 Å². The summed E-state index contributed by atoms with van der Waals surface area (Å²) in [4.78, 5) is 12.7. The van der Waals surface area contributed by atoms with Crippen LogP contribution in [0.3, 0.4) is 0 Å². The highest BCUT2D eigenvalue weighted by molar-refractivity contribution is 7.86. The van der Waals surface area contributed by atoms with Crippen molar-refractivity contribution in [3.63, 3.8) is 0 Å². The molecule has 0 saturated heterocycles. The standard InChI is InChI=1S/C17H13ClFNO5S/c18-12-8-11(6-7-13(12)19)15-14(21)16(17(20)24-15)25-26(22,23)9-10-4-2-1-3-5-10/h1-8,15H,9,20H2/i9D2,15D. The van der Waals surface area contributed by atoms with Gasteiger partial charge in [-0.1, -0.05) is 48.0 Å². The first kappa shape index (κ1) is 14.6. The zero-order valence-corrected chi connectivity index (χ0v) is 14.5. The third kappa shape index (κ3) is 3.81. The lowest BCUT2D eigenvalue weighted by atomic mass is 10.1. The number of nitrogens with two attached hydrogens (primary N) is 1. The summed E-state index contributed by atoms with van der Waals surface area (Å²) in [6, 6.07) is 9.74. The number of carbonyl (C=O) groups excluding carboxylic acids is 1. The molecule has 1 aliphatic rings. The Balaban J connectivity index is 1.95. The lowest BCUT2D eigenvalue weighted by molar-refractivity contribution is -0.123. The zero-order chi connectivity index (χ0) is 21.6. The van der Waals surface area contributed by atoms with Gasteiger partial charge in [0.1, 0.15) is 11.5 Å². The highest BCUT2D eigenvalue weighted by Crippen LogP contribution is 2.34.